The molecule has 23 heavy (non-hydrogen) atoms. The highest BCUT2D eigenvalue weighted by atomic mass is 32.1. The van der Waals surface area contributed by atoms with E-state index in [1.807, 2.05) is 31.1 Å². The van der Waals surface area contributed by atoms with Crippen LogP contribution in [0.4, 0.5) is 11.4 Å². The summed E-state index contributed by atoms with van der Waals surface area (Å²) in [5.41, 5.74) is 0.729. The van der Waals surface area contributed by atoms with Crippen LogP contribution in [-0.2, 0) is 0 Å². The average molecular weight is 334 g/mol. The van der Waals surface area contributed by atoms with E-state index in [-0.39, 0.29) is 11.7 Å². The van der Waals surface area contributed by atoms with Gasteiger partial charge in [-0.1, -0.05) is 0 Å². The van der Waals surface area contributed by atoms with Crippen molar-refractivity contribution in [3.8, 4) is 0 Å². The number of benzene rings is 1. The minimum absolute atomic E-state index is 0.0416. The van der Waals surface area contributed by atoms with Crippen molar-refractivity contribution in [2.24, 2.45) is 0 Å². The molecule has 0 aliphatic carbocycles. The largest absolute Gasteiger partial charge is 0.468 e. The minimum Gasteiger partial charge on any atom is -0.468 e. The Morgan fingerprint density at radius 2 is 2.04 bits per heavy atom. The van der Waals surface area contributed by atoms with Crippen molar-refractivity contribution >= 4 is 28.7 Å². The van der Waals surface area contributed by atoms with Crippen molar-refractivity contribution in [1.82, 2.24) is 10.2 Å². The summed E-state index contributed by atoms with van der Waals surface area (Å²) in [6, 6.07) is 9.89. The monoisotopic (exact) mass is 334 g/mol. The highest BCUT2D eigenvalue weighted by Gasteiger charge is 2.17. The molecule has 0 saturated carbocycles. The zero-order chi connectivity index (χ0) is 16.8. The number of hydrogen-bond acceptors (Lipinski definition) is 5. The van der Waals surface area contributed by atoms with Crippen LogP contribution in [0.2, 0.25) is 0 Å². The van der Waals surface area contributed by atoms with Gasteiger partial charge in [0.25, 0.3) is 5.69 Å². The van der Waals surface area contributed by atoms with Crippen LogP contribution in [0.1, 0.15) is 11.8 Å². The van der Waals surface area contributed by atoms with Gasteiger partial charge in [-0.2, -0.15) is 0 Å². The molecule has 1 aromatic heterocycles. The van der Waals surface area contributed by atoms with Gasteiger partial charge >= 0.3 is 0 Å². The molecule has 8 heteroatoms. The van der Waals surface area contributed by atoms with E-state index in [4.69, 9.17) is 16.6 Å². The van der Waals surface area contributed by atoms with Crippen molar-refractivity contribution in [3.05, 3.63) is 58.5 Å². The van der Waals surface area contributed by atoms with Crippen LogP contribution in [0, 0.1) is 10.1 Å². The Hall–Kier alpha value is -2.45. The molecule has 2 rings (SSSR count). The fraction of sp³-hybridized carbons (Fsp3) is 0.267. The number of nitro groups is 1. The fourth-order valence-electron chi connectivity index (χ4n) is 2.05. The lowest BCUT2D eigenvalue weighted by Crippen LogP contribution is -2.36. The summed E-state index contributed by atoms with van der Waals surface area (Å²) in [5, 5.41) is 17.2. The molecule has 0 bridgehead atoms. The number of likely N-dealkylation sites (N-methyl/N-ethyl adjacent to an activating group) is 1. The number of rotatable bonds is 6. The topological polar surface area (TPSA) is 83.6 Å². The smallest absolute Gasteiger partial charge is 0.269 e. The Labute approximate surface area is 139 Å². The third kappa shape index (κ3) is 4.76. The quantitative estimate of drug-likeness (QED) is 0.477. The number of thiocarbonyl (C=S) groups is 1. The third-order valence-corrected chi connectivity index (χ3v) is 3.53. The highest BCUT2D eigenvalue weighted by molar-refractivity contribution is 7.80. The Morgan fingerprint density at radius 3 is 2.57 bits per heavy atom. The number of non-ortho nitro benzene ring substituents is 1. The summed E-state index contributed by atoms with van der Waals surface area (Å²) >= 11 is 5.25. The van der Waals surface area contributed by atoms with Crippen molar-refractivity contribution in [3.63, 3.8) is 0 Å². The molecule has 0 aliphatic rings. The fourth-order valence-corrected chi connectivity index (χ4v) is 2.25. The van der Waals surface area contributed by atoms with Crippen LogP contribution in [0.15, 0.2) is 47.1 Å². The van der Waals surface area contributed by atoms with Gasteiger partial charge in [-0.25, -0.2) is 0 Å². The summed E-state index contributed by atoms with van der Waals surface area (Å²) < 4.78 is 5.43. The van der Waals surface area contributed by atoms with Gasteiger partial charge in [-0.3, -0.25) is 15.0 Å². The van der Waals surface area contributed by atoms with Crippen LogP contribution in [0.5, 0.6) is 0 Å². The summed E-state index contributed by atoms with van der Waals surface area (Å²) in [5.74, 6) is 0.848. The van der Waals surface area contributed by atoms with Gasteiger partial charge in [0.1, 0.15) is 5.76 Å². The lowest BCUT2D eigenvalue weighted by Gasteiger charge is -2.23. The number of hydrogen-bond donors (Lipinski definition) is 2. The Balaban J connectivity index is 1.90. The van der Waals surface area contributed by atoms with Gasteiger partial charge < -0.3 is 15.1 Å². The van der Waals surface area contributed by atoms with Crippen molar-refractivity contribution < 1.29 is 9.34 Å². The van der Waals surface area contributed by atoms with E-state index >= 15 is 0 Å². The molecular weight excluding hydrogens is 316 g/mol. The number of nitrogens with one attached hydrogen (secondary N) is 2. The molecule has 0 fully saturated rings. The molecule has 1 heterocycles. The molecule has 0 unspecified atom stereocenters. The molecule has 0 aliphatic heterocycles. The molecule has 2 aromatic rings. The molecular formula is C15H18N4O3S. The van der Waals surface area contributed by atoms with E-state index in [0.717, 1.165) is 5.76 Å². The Bertz CT molecular complexity index is 656. The van der Waals surface area contributed by atoms with E-state index in [1.165, 1.54) is 12.1 Å². The van der Waals surface area contributed by atoms with E-state index in [0.29, 0.717) is 17.3 Å². The van der Waals surface area contributed by atoms with E-state index in [1.54, 1.807) is 18.4 Å². The maximum absolute atomic E-state index is 10.6. The number of nitrogens with zero attached hydrogens (tertiary/aromatic N) is 2. The second-order valence-corrected chi connectivity index (χ2v) is 5.54. The second kappa shape index (κ2) is 7.70. The standard InChI is InChI=1S/C15H18N4O3S/c1-18(2)13(14-4-3-9-22-14)10-16-15(23)17-11-5-7-12(8-6-11)19(20)21/h3-9,13H,10H2,1-2H3,(H2,16,17,23)/t13-/m0/s1. The number of furan rings is 1. The summed E-state index contributed by atoms with van der Waals surface area (Å²) in [4.78, 5) is 12.2. The van der Waals surface area contributed by atoms with E-state index in [2.05, 4.69) is 10.6 Å². The van der Waals surface area contributed by atoms with Crippen LogP contribution >= 0.6 is 12.2 Å². The van der Waals surface area contributed by atoms with Crippen LogP contribution in [-0.4, -0.2) is 35.6 Å². The second-order valence-electron chi connectivity index (χ2n) is 5.13. The van der Waals surface area contributed by atoms with E-state index < -0.39 is 4.92 Å². The molecule has 122 valence electrons. The normalized spacial score (nSPS) is 12.0. The Morgan fingerprint density at radius 1 is 1.35 bits per heavy atom. The van der Waals surface area contributed by atoms with Crippen LogP contribution in [0.25, 0.3) is 0 Å². The Kier molecular flexibility index (Phi) is 5.67. The molecule has 1 atom stereocenters. The molecule has 0 spiro atoms. The lowest BCUT2D eigenvalue weighted by atomic mass is 10.2. The minimum atomic E-state index is -0.439. The first-order valence-corrected chi connectivity index (χ1v) is 7.37. The molecule has 2 N–H and O–H groups in total. The molecule has 0 saturated heterocycles. The predicted molar refractivity (Wildman–Crippen MR) is 92.5 cm³/mol. The first kappa shape index (κ1) is 16.9. The summed E-state index contributed by atoms with van der Waals surface area (Å²) in [6.45, 7) is 0.569. The first-order valence-electron chi connectivity index (χ1n) is 6.96. The SMILES string of the molecule is CN(C)[C@@H](CNC(=S)Nc1ccc([N+](=O)[O-])cc1)c1ccco1. The predicted octanol–water partition coefficient (Wildman–Crippen LogP) is 2.78. The summed E-state index contributed by atoms with van der Waals surface area (Å²) in [6.07, 6.45) is 1.64. The van der Waals surface area contributed by atoms with Crippen LogP contribution < -0.4 is 10.6 Å². The van der Waals surface area contributed by atoms with Crippen LogP contribution in [0.3, 0.4) is 0 Å². The zero-order valence-corrected chi connectivity index (χ0v) is 13.7. The molecule has 7 nitrogen and oxygen atoms in total. The number of anilines is 1. The molecule has 0 radical (unpaired) electrons. The zero-order valence-electron chi connectivity index (χ0n) is 12.9. The van der Waals surface area contributed by atoms with Gasteiger partial charge in [0.05, 0.1) is 17.2 Å². The van der Waals surface area contributed by atoms with Crippen molar-refractivity contribution in [2.75, 3.05) is 26.0 Å². The van der Waals surface area contributed by atoms with Gasteiger partial charge in [-0.05, 0) is 50.6 Å². The maximum atomic E-state index is 10.6. The van der Waals surface area contributed by atoms with Crippen molar-refractivity contribution in [1.29, 1.82) is 0 Å². The van der Waals surface area contributed by atoms with Gasteiger partial charge in [0.2, 0.25) is 0 Å². The molecule has 0 amide bonds. The summed E-state index contributed by atoms with van der Waals surface area (Å²) in [7, 11) is 3.92. The maximum Gasteiger partial charge on any atom is 0.269 e. The third-order valence-electron chi connectivity index (χ3n) is 3.29. The van der Waals surface area contributed by atoms with Gasteiger partial charge in [0, 0.05) is 24.4 Å². The molecule has 1 aromatic carbocycles. The first-order chi connectivity index (χ1) is 11.0. The highest BCUT2D eigenvalue weighted by Crippen LogP contribution is 2.18. The van der Waals surface area contributed by atoms with Crippen molar-refractivity contribution in [2.45, 2.75) is 6.04 Å². The average Bonchev–Trinajstić information content (AvgIpc) is 3.01. The van der Waals surface area contributed by atoms with Gasteiger partial charge in [0.15, 0.2) is 5.11 Å². The van der Waals surface area contributed by atoms with E-state index in [9.17, 15) is 10.1 Å². The number of nitro benzene ring substituents is 1. The lowest BCUT2D eigenvalue weighted by molar-refractivity contribution is -0.384. The van der Waals surface area contributed by atoms with Gasteiger partial charge in [-0.15, -0.1) is 0 Å².